The number of carbonyl (C=O) groups excluding carboxylic acids is 1. The molecule has 20 heavy (non-hydrogen) atoms. The number of H-pyrrole nitrogens is 1. The first-order valence-corrected chi connectivity index (χ1v) is 6.62. The minimum absolute atomic E-state index is 0.216. The van der Waals surface area contributed by atoms with Gasteiger partial charge in [0.15, 0.2) is 5.69 Å². The Hall–Kier alpha value is -2.24. The van der Waals surface area contributed by atoms with Crippen molar-refractivity contribution in [1.82, 2.24) is 20.7 Å². The van der Waals surface area contributed by atoms with Gasteiger partial charge in [0, 0.05) is 5.92 Å². The summed E-state index contributed by atoms with van der Waals surface area (Å²) in [5.74, 6) is -0.187. The van der Waals surface area contributed by atoms with Crippen molar-refractivity contribution in [3.05, 3.63) is 47.0 Å². The highest BCUT2D eigenvalue weighted by Crippen LogP contribution is 2.39. The van der Waals surface area contributed by atoms with Crippen LogP contribution in [0.5, 0.6) is 0 Å². The highest BCUT2D eigenvalue weighted by Gasteiger charge is 2.32. The molecule has 0 radical (unpaired) electrons. The number of hydrogen-bond donors (Lipinski definition) is 2. The normalized spacial score (nSPS) is 15.9. The van der Waals surface area contributed by atoms with E-state index in [0.29, 0.717) is 11.6 Å². The monoisotopic (exact) mass is 274 g/mol. The van der Waals surface area contributed by atoms with Gasteiger partial charge in [-0.25, -0.2) is 4.39 Å². The van der Waals surface area contributed by atoms with E-state index < -0.39 is 0 Å². The fraction of sp³-hybridized carbons (Fsp3) is 0.357. The highest BCUT2D eigenvalue weighted by atomic mass is 19.1. The molecule has 1 aromatic carbocycles. The maximum absolute atomic E-state index is 12.9. The van der Waals surface area contributed by atoms with Crippen molar-refractivity contribution in [1.29, 1.82) is 0 Å². The molecule has 1 fully saturated rings. The molecular formula is C14H15FN4O. The molecule has 104 valence electrons. The van der Waals surface area contributed by atoms with E-state index in [2.05, 4.69) is 20.7 Å². The largest absolute Gasteiger partial charge is 0.344 e. The highest BCUT2D eigenvalue weighted by molar-refractivity contribution is 5.93. The Kier molecular flexibility index (Phi) is 3.22. The van der Waals surface area contributed by atoms with E-state index in [0.717, 1.165) is 24.1 Å². The Morgan fingerprint density at radius 1 is 1.35 bits per heavy atom. The summed E-state index contributed by atoms with van der Waals surface area (Å²) in [5.41, 5.74) is 1.95. The molecule has 5 nitrogen and oxygen atoms in total. The Labute approximate surface area is 115 Å². The number of hydrogen-bond acceptors (Lipinski definition) is 3. The maximum atomic E-state index is 12.9. The van der Waals surface area contributed by atoms with Gasteiger partial charge in [0.05, 0.1) is 11.7 Å². The number of nitrogens with one attached hydrogen (secondary N) is 2. The van der Waals surface area contributed by atoms with E-state index in [1.807, 2.05) is 6.92 Å². The van der Waals surface area contributed by atoms with Crippen LogP contribution in [0, 0.1) is 5.82 Å². The zero-order valence-electron chi connectivity index (χ0n) is 11.1. The van der Waals surface area contributed by atoms with Gasteiger partial charge in [-0.2, -0.15) is 15.4 Å². The molecule has 0 spiro atoms. The molecule has 0 bridgehead atoms. The predicted octanol–water partition coefficient (Wildman–Crippen LogP) is 2.31. The van der Waals surface area contributed by atoms with Crippen LogP contribution in [0.2, 0.25) is 0 Å². The maximum Gasteiger partial charge on any atom is 0.274 e. The molecule has 1 aliphatic rings. The second-order valence-corrected chi connectivity index (χ2v) is 5.08. The van der Waals surface area contributed by atoms with Crippen LogP contribution in [0.25, 0.3) is 0 Å². The van der Waals surface area contributed by atoms with Gasteiger partial charge in [0.1, 0.15) is 5.82 Å². The van der Waals surface area contributed by atoms with Gasteiger partial charge in [-0.15, -0.1) is 0 Å². The standard InChI is InChI=1S/C14H15FN4O/c1-8(9-4-6-11(15)7-5-9)16-14(20)13-12(10-2-3-10)17-19-18-13/h4-8,10H,2-3H2,1H3,(H,16,20)(H,17,18,19). The number of rotatable bonds is 4. The number of amides is 1. The molecule has 6 heteroatoms. The molecule has 1 atom stereocenters. The van der Waals surface area contributed by atoms with Gasteiger partial charge < -0.3 is 5.32 Å². The predicted molar refractivity (Wildman–Crippen MR) is 70.6 cm³/mol. The van der Waals surface area contributed by atoms with Crippen LogP contribution in [0.4, 0.5) is 4.39 Å². The van der Waals surface area contributed by atoms with E-state index in [9.17, 15) is 9.18 Å². The van der Waals surface area contributed by atoms with Gasteiger partial charge in [-0.05, 0) is 37.5 Å². The molecule has 0 saturated heterocycles. The number of benzene rings is 1. The summed E-state index contributed by atoms with van der Waals surface area (Å²) in [5, 5.41) is 13.3. The first-order valence-electron chi connectivity index (χ1n) is 6.62. The summed E-state index contributed by atoms with van der Waals surface area (Å²) in [6, 6.07) is 5.86. The van der Waals surface area contributed by atoms with Crippen LogP contribution in [0.3, 0.4) is 0 Å². The van der Waals surface area contributed by atoms with E-state index in [-0.39, 0.29) is 17.8 Å². The van der Waals surface area contributed by atoms with Crippen molar-refractivity contribution in [3.8, 4) is 0 Å². The smallest absolute Gasteiger partial charge is 0.274 e. The van der Waals surface area contributed by atoms with Crippen molar-refractivity contribution < 1.29 is 9.18 Å². The molecule has 1 amide bonds. The quantitative estimate of drug-likeness (QED) is 0.898. The molecule has 2 N–H and O–H groups in total. The summed E-state index contributed by atoms with van der Waals surface area (Å²) in [6.45, 7) is 1.85. The fourth-order valence-corrected chi connectivity index (χ4v) is 2.15. The van der Waals surface area contributed by atoms with Crippen molar-refractivity contribution in [3.63, 3.8) is 0 Å². The summed E-state index contributed by atoms with van der Waals surface area (Å²) in [6.07, 6.45) is 2.11. The lowest BCUT2D eigenvalue weighted by Gasteiger charge is -2.13. The molecule has 3 rings (SSSR count). The third-order valence-corrected chi connectivity index (χ3v) is 3.47. The summed E-state index contributed by atoms with van der Waals surface area (Å²) in [7, 11) is 0. The number of aromatic nitrogens is 3. The number of halogens is 1. The summed E-state index contributed by atoms with van der Waals surface area (Å²) >= 11 is 0. The molecule has 2 aromatic rings. The van der Waals surface area contributed by atoms with Gasteiger partial charge in [-0.1, -0.05) is 12.1 Å². The average molecular weight is 274 g/mol. The molecule has 1 unspecified atom stereocenters. The van der Waals surface area contributed by atoms with Gasteiger partial charge in [-0.3, -0.25) is 4.79 Å². The number of nitrogens with zero attached hydrogens (tertiary/aromatic N) is 2. The van der Waals surface area contributed by atoms with Gasteiger partial charge >= 0.3 is 0 Å². The summed E-state index contributed by atoms with van der Waals surface area (Å²) in [4.78, 5) is 12.2. The van der Waals surface area contributed by atoms with Crippen molar-refractivity contribution in [2.75, 3.05) is 0 Å². The zero-order chi connectivity index (χ0) is 14.1. The first-order chi connectivity index (χ1) is 9.65. The lowest BCUT2D eigenvalue weighted by Crippen LogP contribution is -2.27. The van der Waals surface area contributed by atoms with Crippen LogP contribution >= 0.6 is 0 Å². The average Bonchev–Trinajstić information content (AvgIpc) is 3.16. The SMILES string of the molecule is CC(NC(=O)c1n[nH]nc1C1CC1)c1ccc(F)cc1. The molecule has 1 aliphatic carbocycles. The van der Waals surface area contributed by atoms with Crippen molar-refractivity contribution in [2.24, 2.45) is 0 Å². The Balaban J connectivity index is 1.71. The Morgan fingerprint density at radius 2 is 2.05 bits per heavy atom. The fourth-order valence-electron chi connectivity index (χ4n) is 2.15. The van der Waals surface area contributed by atoms with E-state index >= 15 is 0 Å². The van der Waals surface area contributed by atoms with Gasteiger partial charge in [0.25, 0.3) is 5.91 Å². The lowest BCUT2D eigenvalue weighted by atomic mass is 10.1. The third kappa shape index (κ3) is 2.54. The second kappa shape index (κ2) is 5.03. The van der Waals surface area contributed by atoms with E-state index in [4.69, 9.17) is 0 Å². The molecule has 1 saturated carbocycles. The summed E-state index contributed by atoms with van der Waals surface area (Å²) < 4.78 is 12.9. The van der Waals surface area contributed by atoms with Crippen LogP contribution < -0.4 is 5.32 Å². The molecule has 1 heterocycles. The van der Waals surface area contributed by atoms with Crippen molar-refractivity contribution >= 4 is 5.91 Å². The molecule has 1 aromatic heterocycles. The Bertz CT molecular complexity index is 618. The third-order valence-electron chi connectivity index (χ3n) is 3.47. The second-order valence-electron chi connectivity index (χ2n) is 5.08. The van der Waals surface area contributed by atoms with Crippen LogP contribution in [0.15, 0.2) is 24.3 Å². The van der Waals surface area contributed by atoms with Crippen LogP contribution in [-0.4, -0.2) is 21.3 Å². The van der Waals surface area contributed by atoms with Crippen LogP contribution in [-0.2, 0) is 0 Å². The van der Waals surface area contributed by atoms with Crippen molar-refractivity contribution in [2.45, 2.75) is 31.7 Å². The lowest BCUT2D eigenvalue weighted by molar-refractivity contribution is 0.0933. The van der Waals surface area contributed by atoms with Gasteiger partial charge in [0.2, 0.25) is 0 Å². The zero-order valence-corrected chi connectivity index (χ0v) is 11.1. The van der Waals surface area contributed by atoms with E-state index in [1.165, 1.54) is 12.1 Å². The first kappa shape index (κ1) is 12.8. The van der Waals surface area contributed by atoms with Crippen LogP contribution in [0.1, 0.15) is 53.5 Å². The topological polar surface area (TPSA) is 70.7 Å². The Morgan fingerprint density at radius 3 is 2.70 bits per heavy atom. The number of aromatic amines is 1. The number of carbonyl (C=O) groups is 1. The van der Waals surface area contributed by atoms with E-state index in [1.54, 1.807) is 12.1 Å². The minimum atomic E-state index is -0.292. The molecule has 0 aliphatic heterocycles. The minimum Gasteiger partial charge on any atom is -0.344 e. The molecular weight excluding hydrogens is 259 g/mol.